The summed E-state index contributed by atoms with van der Waals surface area (Å²) in [6.07, 6.45) is 0. The second-order valence-corrected chi connectivity index (χ2v) is 7.07. The topological polar surface area (TPSA) is 113 Å². The molecular formula is C21H22ClN5O3. The molecule has 1 aromatic heterocycles. The molecule has 0 unspecified atom stereocenters. The number of likely N-dealkylation sites (N-methyl/N-ethyl adjacent to an activating group) is 1. The van der Waals surface area contributed by atoms with Crippen LogP contribution in [-0.2, 0) is 11.3 Å². The average molecular weight is 428 g/mol. The van der Waals surface area contributed by atoms with E-state index in [4.69, 9.17) is 17.3 Å². The van der Waals surface area contributed by atoms with E-state index in [1.807, 2.05) is 30.3 Å². The molecule has 0 atom stereocenters. The highest BCUT2D eigenvalue weighted by Gasteiger charge is 2.20. The molecule has 0 aliphatic rings. The van der Waals surface area contributed by atoms with Crippen molar-refractivity contribution in [2.45, 2.75) is 13.5 Å². The zero-order valence-electron chi connectivity index (χ0n) is 16.4. The summed E-state index contributed by atoms with van der Waals surface area (Å²) in [5, 5.41) is 3.23. The summed E-state index contributed by atoms with van der Waals surface area (Å²) in [4.78, 5) is 41.2. The average Bonchev–Trinajstić information content (AvgIpc) is 2.71. The number of rotatable bonds is 7. The molecule has 0 bridgehead atoms. The van der Waals surface area contributed by atoms with Crippen molar-refractivity contribution in [3.05, 3.63) is 86.0 Å². The molecule has 0 saturated heterocycles. The summed E-state index contributed by atoms with van der Waals surface area (Å²) in [5.41, 5.74) is 6.44. The van der Waals surface area contributed by atoms with Gasteiger partial charge in [-0.1, -0.05) is 48.0 Å². The predicted octanol–water partition coefficient (Wildman–Crippen LogP) is 2.29. The van der Waals surface area contributed by atoms with Gasteiger partial charge in [-0.05, 0) is 30.7 Å². The Hall–Kier alpha value is -3.52. The van der Waals surface area contributed by atoms with Crippen LogP contribution in [-0.4, -0.2) is 28.5 Å². The number of benzene rings is 2. The van der Waals surface area contributed by atoms with Gasteiger partial charge in [0.2, 0.25) is 5.91 Å². The Kier molecular flexibility index (Phi) is 6.58. The molecule has 0 spiro atoms. The monoisotopic (exact) mass is 427 g/mol. The SMILES string of the molecule is CCN(CC(=O)Nc1cccc(Cl)c1)c1c(N)n(Cc2ccccc2)c(=O)[nH]c1=O. The third-order valence-corrected chi connectivity index (χ3v) is 4.77. The van der Waals surface area contributed by atoms with Crippen LogP contribution in [0, 0.1) is 0 Å². The van der Waals surface area contributed by atoms with Gasteiger partial charge in [0.1, 0.15) is 11.5 Å². The van der Waals surface area contributed by atoms with Gasteiger partial charge in [0.15, 0.2) is 0 Å². The Morgan fingerprint density at radius 2 is 1.90 bits per heavy atom. The predicted molar refractivity (Wildman–Crippen MR) is 119 cm³/mol. The third-order valence-electron chi connectivity index (χ3n) is 4.54. The van der Waals surface area contributed by atoms with Crippen LogP contribution in [0.4, 0.5) is 17.2 Å². The number of nitrogens with two attached hydrogens (primary N) is 1. The summed E-state index contributed by atoms with van der Waals surface area (Å²) < 4.78 is 1.28. The highest BCUT2D eigenvalue weighted by atomic mass is 35.5. The number of nitrogens with zero attached hydrogens (tertiary/aromatic N) is 2. The Bertz CT molecular complexity index is 1160. The standard InChI is InChI=1S/C21H22ClN5O3/c1-2-26(13-17(28)24-16-10-6-9-15(22)11-16)18-19(23)27(21(30)25-20(18)29)12-14-7-4-3-5-8-14/h3-11H,2,12-13,23H2,1H3,(H,24,28)(H,25,29,30). The molecule has 1 amide bonds. The van der Waals surface area contributed by atoms with Crippen molar-refractivity contribution in [2.24, 2.45) is 0 Å². The molecule has 0 saturated carbocycles. The number of carbonyl (C=O) groups is 1. The first kappa shape index (κ1) is 21.2. The lowest BCUT2D eigenvalue weighted by molar-refractivity contribution is -0.115. The normalized spacial score (nSPS) is 10.6. The van der Waals surface area contributed by atoms with Crippen LogP contribution in [0.2, 0.25) is 5.02 Å². The zero-order valence-corrected chi connectivity index (χ0v) is 17.1. The number of hydrogen-bond acceptors (Lipinski definition) is 5. The minimum atomic E-state index is -0.640. The zero-order chi connectivity index (χ0) is 21.7. The van der Waals surface area contributed by atoms with Crippen LogP contribution >= 0.6 is 11.6 Å². The second-order valence-electron chi connectivity index (χ2n) is 6.64. The number of aromatic nitrogens is 2. The minimum absolute atomic E-state index is 0.00464. The number of carbonyl (C=O) groups excluding carboxylic acids is 1. The molecule has 2 aromatic carbocycles. The fourth-order valence-corrected chi connectivity index (χ4v) is 3.29. The molecule has 3 rings (SSSR count). The molecule has 0 aliphatic carbocycles. The first-order valence-corrected chi connectivity index (χ1v) is 9.73. The van der Waals surface area contributed by atoms with Crippen molar-refractivity contribution in [1.82, 2.24) is 9.55 Å². The van der Waals surface area contributed by atoms with Gasteiger partial charge < -0.3 is 16.0 Å². The quantitative estimate of drug-likeness (QED) is 0.535. The fourth-order valence-electron chi connectivity index (χ4n) is 3.10. The van der Waals surface area contributed by atoms with Crippen molar-refractivity contribution in [1.29, 1.82) is 0 Å². The van der Waals surface area contributed by atoms with Crippen LogP contribution in [0.1, 0.15) is 12.5 Å². The van der Waals surface area contributed by atoms with E-state index >= 15 is 0 Å². The largest absolute Gasteiger partial charge is 0.383 e. The van der Waals surface area contributed by atoms with Gasteiger partial charge in [-0.2, -0.15) is 0 Å². The Morgan fingerprint density at radius 3 is 2.57 bits per heavy atom. The van der Waals surface area contributed by atoms with Crippen molar-refractivity contribution in [3.63, 3.8) is 0 Å². The van der Waals surface area contributed by atoms with Crippen LogP contribution in [0.3, 0.4) is 0 Å². The van der Waals surface area contributed by atoms with Crippen molar-refractivity contribution >= 4 is 34.7 Å². The number of aromatic amines is 1. The Balaban J connectivity index is 1.88. The molecule has 0 aliphatic heterocycles. The molecular weight excluding hydrogens is 406 g/mol. The summed E-state index contributed by atoms with van der Waals surface area (Å²) in [5.74, 6) is -0.344. The van der Waals surface area contributed by atoms with E-state index < -0.39 is 11.2 Å². The van der Waals surface area contributed by atoms with E-state index in [2.05, 4.69) is 10.3 Å². The highest BCUT2D eigenvalue weighted by molar-refractivity contribution is 6.30. The van der Waals surface area contributed by atoms with Gasteiger partial charge in [0.05, 0.1) is 13.1 Å². The molecule has 4 N–H and O–H groups in total. The van der Waals surface area contributed by atoms with Gasteiger partial charge in [-0.15, -0.1) is 0 Å². The number of anilines is 3. The van der Waals surface area contributed by atoms with Gasteiger partial charge in [-0.25, -0.2) is 4.79 Å². The van der Waals surface area contributed by atoms with Gasteiger partial charge in [-0.3, -0.25) is 19.1 Å². The first-order chi connectivity index (χ1) is 14.4. The van der Waals surface area contributed by atoms with E-state index in [1.165, 1.54) is 9.47 Å². The maximum Gasteiger partial charge on any atom is 0.330 e. The third kappa shape index (κ3) is 4.90. The van der Waals surface area contributed by atoms with Crippen LogP contribution in [0.15, 0.2) is 64.2 Å². The molecule has 0 fully saturated rings. The van der Waals surface area contributed by atoms with Gasteiger partial charge in [0.25, 0.3) is 5.56 Å². The smallest absolute Gasteiger partial charge is 0.330 e. The van der Waals surface area contributed by atoms with Crippen molar-refractivity contribution in [2.75, 3.05) is 29.0 Å². The van der Waals surface area contributed by atoms with E-state index in [0.717, 1.165) is 5.56 Å². The maximum atomic E-state index is 12.5. The van der Waals surface area contributed by atoms with Gasteiger partial charge >= 0.3 is 5.69 Å². The first-order valence-electron chi connectivity index (χ1n) is 9.36. The van der Waals surface area contributed by atoms with E-state index in [9.17, 15) is 14.4 Å². The van der Waals surface area contributed by atoms with Gasteiger partial charge in [0, 0.05) is 17.3 Å². The van der Waals surface area contributed by atoms with Crippen LogP contribution in [0.25, 0.3) is 0 Å². The number of amides is 1. The Morgan fingerprint density at radius 1 is 1.17 bits per heavy atom. The molecule has 0 radical (unpaired) electrons. The van der Waals surface area contributed by atoms with E-state index in [1.54, 1.807) is 31.2 Å². The number of nitrogens with one attached hydrogen (secondary N) is 2. The number of nitrogen functional groups attached to an aromatic ring is 1. The summed E-state index contributed by atoms with van der Waals surface area (Å²) in [6.45, 7) is 2.19. The maximum absolute atomic E-state index is 12.5. The van der Waals surface area contributed by atoms with E-state index in [0.29, 0.717) is 17.3 Å². The lowest BCUT2D eigenvalue weighted by Crippen LogP contribution is -2.41. The lowest BCUT2D eigenvalue weighted by atomic mass is 10.2. The number of H-pyrrole nitrogens is 1. The number of hydrogen-bond donors (Lipinski definition) is 3. The van der Waals surface area contributed by atoms with Crippen LogP contribution in [0.5, 0.6) is 0 Å². The second kappa shape index (κ2) is 9.32. The number of halogens is 1. The Labute approximate surface area is 177 Å². The van der Waals surface area contributed by atoms with E-state index in [-0.39, 0.29) is 30.5 Å². The van der Waals surface area contributed by atoms with Crippen molar-refractivity contribution < 1.29 is 4.79 Å². The molecule has 9 heteroatoms. The minimum Gasteiger partial charge on any atom is -0.383 e. The molecule has 1 heterocycles. The van der Waals surface area contributed by atoms with Crippen LogP contribution < -0.4 is 27.2 Å². The fraction of sp³-hybridized carbons (Fsp3) is 0.190. The lowest BCUT2D eigenvalue weighted by Gasteiger charge is -2.24. The summed E-state index contributed by atoms with van der Waals surface area (Å²) >= 11 is 5.94. The molecule has 30 heavy (non-hydrogen) atoms. The summed E-state index contributed by atoms with van der Waals surface area (Å²) in [6, 6.07) is 16.0. The molecule has 156 valence electrons. The molecule has 8 nitrogen and oxygen atoms in total. The molecule has 3 aromatic rings. The van der Waals surface area contributed by atoms with Crippen molar-refractivity contribution in [3.8, 4) is 0 Å². The summed E-state index contributed by atoms with van der Waals surface area (Å²) in [7, 11) is 0. The highest BCUT2D eigenvalue weighted by Crippen LogP contribution is 2.18.